The maximum absolute atomic E-state index is 14.9. The normalized spacial score (nSPS) is 15.6. The Hall–Kier alpha value is -3.87. The van der Waals surface area contributed by atoms with Crippen molar-refractivity contribution in [2.24, 2.45) is 0 Å². The lowest BCUT2D eigenvalue weighted by Crippen LogP contribution is -2.52. The van der Waals surface area contributed by atoms with Gasteiger partial charge < -0.3 is 20.5 Å². The van der Waals surface area contributed by atoms with E-state index in [1.54, 1.807) is 6.20 Å². The second kappa shape index (κ2) is 11.6. The highest BCUT2D eigenvalue weighted by atomic mass is 32.2. The Bertz CT molecular complexity index is 1700. The fourth-order valence-electron chi connectivity index (χ4n) is 5.20. The predicted octanol–water partition coefficient (Wildman–Crippen LogP) is 4.18. The maximum Gasteiger partial charge on any atom is 0.241 e. The van der Waals surface area contributed by atoms with E-state index in [4.69, 9.17) is 0 Å². The molecule has 1 saturated heterocycles. The molecule has 41 heavy (non-hydrogen) atoms. The number of nitrogens with one attached hydrogen (secondary N) is 3. The molecule has 216 valence electrons. The maximum atomic E-state index is 14.9. The van der Waals surface area contributed by atoms with Crippen molar-refractivity contribution in [2.45, 2.75) is 31.2 Å². The average molecular weight is 580 g/mol. The molecule has 0 saturated carbocycles. The molecule has 0 aliphatic carbocycles. The molecule has 2 aromatic heterocycles. The SMILES string of the molecule is CC[C@H](C(=O)Nc1cccc2c(-c3nc(Nc4cccc(S(C)(=O)=O)c4F)ncc3C)c[nH]c12)N1CCN(C)CC1. The first-order valence-corrected chi connectivity index (χ1v) is 15.4. The Morgan fingerprint density at radius 1 is 1.12 bits per heavy atom. The highest BCUT2D eigenvalue weighted by Gasteiger charge is 2.27. The first kappa shape index (κ1) is 28.7. The number of rotatable bonds is 8. The summed E-state index contributed by atoms with van der Waals surface area (Å²) < 4.78 is 38.8. The van der Waals surface area contributed by atoms with Crippen LogP contribution in [0, 0.1) is 12.7 Å². The van der Waals surface area contributed by atoms with Gasteiger partial charge in [-0.2, -0.15) is 0 Å². The number of benzene rings is 2. The van der Waals surface area contributed by atoms with Crippen LogP contribution in [-0.2, 0) is 14.6 Å². The van der Waals surface area contributed by atoms with Crippen LogP contribution in [0.15, 0.2) is 53.7 Å². The van der Waals surface area contributed by atoms with Crippen molar-refractivity contribution in [1.29, 1.82) is 0 Å². The molecule has 2 aromatic carbocycles. The topological polar surface area (TPSA) is 123 Å². The Labute approximate surface area is 238 Å². The van der Waals surface area contributed by atoms with Crippen molar-refractivity contribution < 1.29 is 17.6 Å². The van der Waals surface area contributed by atoms with E-state index in [1.807, 2.05) is 38.2 Å². The summed E-state index contributed by atoms with van der Waals surface area (Å²) in [6, 6.07) is 9.58. The van der Waals surface area contributed by atoms with Gasteiger partial charge in [-0.1, -0.05) is 25.1 Å². The number of para-hydroxylation sites is 1. The number of sulfone groups is 1. The van der Waals surface area contributed by atoms with Gasteiger partial charge in [0, 0.05) is 55.8 Å². The highest BCUT2D eigenvalue weighted by Crippen LogP contribution is 2.34. The molecule has 3 N–H and O–H groups in total. The van der Waals surface area contributed by atoms with Crippen LogP contribution in [-0.4, -0.2) is 84.6 Å². The van der Waals surface area contributed by atoms with E-state index in [1.165, 1.54) is 18.2 Å². The Balaban J connectivity index is 1.43. The number of aromatic amines is 1. The number of hydrogen-bond acceptors (Lipinski definition) is 8. The average Bonchev–Trinajstić information content (AvgIpc) is 3.37. The van der Waals surface area contributed by atoms with Crippen molar-refractivity contribution in [1.82, 2.24) is 24.8 Å². The fraction of sp³-hybridized carbons (Fsp3) is 0.345. The van der Waals surface area contributed by atoms with Crippen LogP contribution >= 0.6 is 0 Å². The van der Waals surface area contributed by atoms with Crippen molar-refractivity contribution >= 4 is 44.0 Å². The first-order chi connectivity index (χ1) is 19.6. The number of hydrogen-bond donors (Lipinski definition) is 3. The molecule has 0 spiro atoms. The number of piperazine rings is 1. The molecular formula is C29H34FN7O3S. The minimum Gasteiger partial charge on any atom is -0.359 e. The van der Waals surface area contributed by atoms with Gasteiger partial charge in [0.05, 0.1) is 28.6 Å². The van der Waals surface area contributed by atoms with Crippen molar-refractivity contribution in [3.8, 4) is 11.3 Å². The van der Waals surface area contributed by atoms with E-state index in [-0.39, 0.29) is 23.6 Å². The first-order valence-electron chi connectivity index (χ1n) is 13.5. The minimum atomic E-state index is -3.75. The van der Waals surface area contributed by atoms with Gasteiger partial charge in [0.1, 0.15) is 4.90 Å². The summed E-state index contributed by atoms with van der Waals surface area (Å²) in [5.41, 5.74) is 3.59. The van der Waals surface area contributed by atoms with Crippen molar-refractivity contribution in [2.75, 3.05) is 50.1 Å². The number of amides is 1. The number of nitrogens with zero attached hydrogens (tertiary/aromatic N) is 4. The van der Waals surface area contributed by atoms with E-state index < -0.39 is 20.5 Å². The largest absolute Gasteiger partial charge is 0.359 e. The van der Waals surface area contributed by atoms with Gasteiger partial charge in [0.15, 0.2) is 15.7 Å². The summed E-state index contributed by atoms with van der Waals surface area (Å²) in [5, 5.41) is 6.80. The smallest absolute Gasteiger partial charge is 0.241 e. The second-order valence-corrected chi connectivity index (χ2v) is 12.4. The van der Waals surface area contributed by atoms with Crippen molar-refractivity contribution in [3.63, 3.8) is 0 Å². The van der Waals surface area contributed by atoms with Gasteiger partial charge in [-0.15, -0.1) is 0 Å². The van der Waals surface area contributed by atoms with Gasteiger partial charge in [-0.05, 0) is 44.2 Å². The van der Waals surface area contributed by atoms with Gasteiger partial charge in [0.25, 0.3) is 0 Å². The number of likely N-dealkylation sites (N-methyl/N-ethyl adjacent to an activating group) is 1. The molecule has 4 aromatic rings. The van der Waals surface area contributed by atoms with Crippen LogP contribution in [0.2, 0.25) is 0 Å². The van der Waals surface area contributed by atoms with E-state index in [9.17, 15) is 17.6 Å². The fourth-order valence-corrected chi connectivity index (χ4v) is 5.96. The summed E-state index contributed by atoms with van der Waals surface area (Å²) in [6.45, 7) is 7.48. The molecule has 5 rings (SSSR count). The molecule has 3 heterocycles. The Morgan fingerprint density at radius 2 is 1.83 bits per heavy atom. The zero-order valence-corrected chi connectivity index (χ0v) is 24.3. The standard InChI is InChI=1S/C29H34FN7O3S/c1-5-23(37-14-12-36(3)13-15-37)28(38)33-22-10-6-8-19-20(17-31-27(19)22)26-18(2)16-32-29(35-26)34-21-9-7-11-24(25(21)30)41(4,39)40/h6-11,16-17,23,31H,5,12-15H2,1-4H3,(H,33,38)(H,32,34,35)/t23-/m1/s1. The minimum absolute atomic E-state index is 0.0382. The number of H-pyrrole nitrogens is 1. The number of carbonyl (C=O) groups excluding carboxylic acids is 1. The molecule has 1 aliphatic rings. The number of anilines is 3. The second-order valence-electron chi connectivity index (χ2n) is 10.4. The Kier molecular flexibility index (Phi) is 8.07. The van der Waals surface area contributed by atoms with E-state index in [0.717, 1.165) is 54.5 Å². The molecule has 10 nitrogen and oxygen atoms in total. The number of fused-ring (bicyclic) bond motifs is 1. The lowest BCUT2D eigenvalue weighted by molar-refractivity contribution is -0.122. The van der Waals surface area contributed by atoms with Crippen LogP contribution in [0.1, 0.15) is 18.9 Å². The van der Waals surface area contributed by atoms with Gasteiger partial charge >= 0.3 is 0 Å². The number of aryl methyl sites for hydroxylation is 1. The molecule has 0 bridgehead atoms. The molecule has 1 atom stereocenters. The summed E-state index contributed by atoms with van der Waals surface area (Å²) >= 11 is 0. The van der Waals surface area contributed by atoms with Crippen LogP contribution in [0.3, 0.4) is 0 Å². The lowest BCUT2D eigenvalue weighted by atomic mass is 10.1. The summed E-state index contributed by atoms with van der Waals surface area (Å²) in [6.07, 6.45) is 5.11. The zero-order chi connectivity index (χ0) is 29.3. The number of carbonyl (C=O) groups is 1. The summed E-state index contributed by atoms with van der Waals surface area (Å²) in [4.78, 5) is 29.7. The molecular weight excluding hydrogens is 545 g/mol. The number of halogens is 1. The molecule has 0 radical (unpaired) electrons. The van der Waals surface area contributed by atoms with Crippen LogP contribution in [0.4, 0.5) is 21.7 Å². The predicted molar refractivity (Wildman–Crippen MR) is 159 cm³/mol. The van der Waals surface area contributed by atoms with Crippen LogP contribution in [0.5, 0.6) is 0 Å². The Morgan fingerprint density at radius 3 is 2.54 bits per heavy atom. The van der Waals surface area contributed by atoms with Crippen molar-refractivity contribution in [3.05, 3.63) is 60.2 Å². The monoisotopic (exact) mass is 579 g/mol. The van der Waals surface area contributed by atoms with Gasteiger partial charge in [-0.3, -0.25) is 9.69 Å². The highest BCUT2D eigenvalue weighted by molar-refractivity contribution is 7.90. The van der Waals surface area contributed by atoms with Crippen LogP contribution in [0.25, 0.3) is 22.2 Å². The van der Waals surface area contributed by atoms with E-state index >= 15 is 0 Å². The van der Waals surface area contributed by atoms with Gasteiger partial charge in [0.2, 0.25) is 11.9 Å². The third-order valence-electron chi connectivity index (χ3n) is 7.48. The zero-order valence-electron chi connectivity index (χ0n) is 23.5. The summed E-state index contributed by atoms with van der Waals surface area (Å²) in [5.74, 6) is -0.814. The number of aromatic nitrogens is 3. The third-order valence-corrected chi connectivity index (χ3v) is 8.59. The molecule has 0 unspecified atom stereocenters. The van der Waals surface area contributed by atoms with E-state index in [0.29, 0.717) is 17.8 Å². The molecule has 1 aliphatic heterocycles. The van der Waals surface area contributed by atoms with Gasteiger partial charge in [-0.25, -0.2) is 22.8 Å². The molecule has 1 fully saturated rings. The molecule has 12 heteroatoms. The van der Waals surface area contributed by atoms with Crippen LogP contribution < -0.4 is 10.6 Å². The lowest BCUT2D eigenvalue weighted by Gasteiger charge is -2.36. The molecule has 1 amide bonds. The quantitative estimate of drug-likeness (QED) is 0.284. The third kappa shape index (κ3) is 5.95. The van der Waals surface area contributed by atoms with E-state index in [2.05, 4.69) is 42.4 Å². The summed E-state index contributed by atoms with van der Waals surface area (Å²) in [7, 11) is -1.65.